The molecule has 0 radical (unpaired) electrons. The van der Waals surface area contributed by atoms with E-state index >= 15 is 0 Å². The fourth-order valence-corrected chi connectivity index (χ4v) is 4.55. The van der Waals surface area contributed by atoms with Crippen molar-refractivity contribution >= 4 is 23.1 Å². The number of aromatic nitrogens is 2. The minimum Gasteiger partial charge on any atom is -0.303 e. The van der Waals surface area contributed by atoms with Gasteiger partial charge in [0.1, 0.15) is 5.01 Å². The highest BCUT2D eigenvalue weighted by atomic mass is 32.2. The van der Waals surface area contributed by atoms with E-state index in [0.717, 1.165) is 12.0 Å². The number of hydrogen-bond acceptors (Lipinski definition) is 5. The van der Waals surface area contributed by atoms with Crippen LogP contribution in [-0.4, -0.2) is 40.5 Å². The summed E-state index contributed by atoms with van der Waals surface area (Å²) in [7, 11) is 2.25. The predicted octanol–water partition coefficient (Wildman–Crippen LogP) is 2.99. The van der Waals surface area contributed by atoms with Gasteiger partial charge in [-0.3, -0.25) is 0 Å². The minimum atomic E-state index is 0.753. The number of hydrogen-bond donors (Lipinski definition) is 0. The van der Waals surface area contributed by atoms with Crippen LogP contribution in [0, 0.1) is 0 Å². The Labute approximate surface area is 111 Å². The Kier molecular flexibility index (Phi) is 3.68. The molecular formula is C12H19N3S2. The van der Waals surface area contributed by atoms with Crippen LogP contribution in [-0.2, 0) is 0 Å². The lowest BCUT2D eigenvalue weighted by atomic mass is 10.2. The van der Waals surface area contributed by atoms with Gasteiger partial charge >= 0.3 is 0 Å². The van der Waals surface area contributed by atoms with Crippen molar-refractivity contribution in [2.45, 2.75) is 48.4 Å². The van der Waals surface area contributed by atoms with Gasteiger partial charge in [0.05, 0.1) is 0 Å². The van der Waals surface area contributed by atoms with Crippen molar-refractivity contribution in [2.75, 3.05) is 19.3 Å². The molecule has 1 aliphatic carbocycles. The average Bonchev–Trinajstić information content (AvgIpc) is 2.94. The Bertz CT molecular complexity index is 376. The molecule has 3 rings (SSSR count). The van der Waals surface area contributed by atoms with Gasteiger partial charge in [0, 0.05) is 17.7 Å². The van der Waals surface area contributed by atoms with Crippen molar-refractivity contribution in [1.82, 2.24) is 15.1 Å². The molecule has 0 aromatic carbocycles. The molecule has 3 nitrogen and oxygen atoms in total. The zero-order chi connectivity index (χ0) is 11.7. The molecule has 0 amide bonds. The summed E-state index contributed by atoms with van der Waals surface area (Å²) in [6.45, 7) is 1.28. The first-order chi connectivity index (χ1) is 8.33. The molecule has 1 saturated carbocycles. The Morgan fingerprint density at radius 2 is 2.24 bits per heavy atom. The van der Waals surface area contributed by atoms with Crippen LogP contribution in [0.3, 0.4) is 0 Å². The molecule has 17 heavy (non-hydrogen) atoms. The first-order valence-electron chi connectivity index (χ1n) is 6.49. The van der Waals surface area contributed by atoms with Gasteiger partial charge in [-0.1, -0.05) is 23.1 Å². The van der Waals surface area contributed by atoms with Crippen LogP contribution in [0.5, 0.6) is 0 Å². The molecule has 1 aromatic heterocycles. The summed E-state index contributed by atoms with van der Waals surface area (Å²) >= 11 is 3.71. The van der Waals surface area contributed by atoms with Crippen molar-refractivity contribution in [1.29, 1.82) is 0 Å². The Morgan fingerprint density at radius 1 is 1.35 bits per heavy atom. The molecule has 1 aliphatic heterocycles. The molecule has 94 valence electrons. The van der Waals surface area contributed by atoms with Gasteiger partial charge in [-0.15, -0.1) is 10.2 Å². The van der Waals surface area contributed by atoms with E-state index in [9.17, 15) is 0 Å². The number of rotatable bonds is 5. The Morgan fingerprint density at radius 3 is 2.94 bits per heavy atom. The summed E-state index contributed by atoms with van der Waals surface area (Å²) in [5.74, 6) is 1.94. The highest BCUT2D eigenvalue weighted by Gasteiger charge is 2.27. The maximum atomic E-state index is 4.28. The van der Waals surface area contributed by atoms with Crippen LogP contribution in [0.4, 0.5) is 0 Å². The third-order valence-electron chi connectivity index (χ3n) is 3.70. The first kappa shape index (κ1) is 11.9. The smallest absolute Gasteiger partial charge is 0.174 e. The molecule has 1 unspecified atom stereocenters. The lowest BCUT2D eigenvalue weighted by Gasteiger charge is -2.18. The molecule has 2 aliphatic rings. The van der Waals surface area contributed by atoms with Crippen LogP contribution in [0.2, 0.25) is 0 Å². The summed E-state index contributed by atoms with van der Waals surface area (Å²) in [6, 6.07) is 0.804. The maximum Gasteiger partial charge on any atom is 0.174 e. The molecule has 5 heteroatoms. The second kappa shape index (κ2) is 5.24. The summed E-state index contributed by atoms with van der Waals surface area (Å²) in [5.41, 5.74) is 0. The van der Waals surface area contributed by atoms with E-state index in [1.807, 2.05) is 23.1 Å². The molecule has 1 atom stereocenters. The second-order valence-electron chi connectivity index (χ2n) is 5.09. The predicted molar refractivity (Wildman–Crippen MR) is 72.9 cm³/mol. The Hall–Kier alpha value is -0.130. The van der Waals surface area contributed by atoms with Gasteiger partial charge in [0.2, 0.25) is 0 Å². The van der Waals surface area contributed by atoms with E-state index in [2.05, 4.69) is 22.1 Å². The third kappa shape index (κ3) is 3.01. The fraction of sp³-hybridized carbons (Fsp3) is 0.833. The number of likely N-dealkylation sites (tertiary alicyclic amines) is 1. The quantitative estimate of drug-likeness (QED) is 0.769. The molecule has 2 fully saturated rings. The summed E-state index contributed by atoms with van der Waals surface area (Å²) in [4.78, 5) is 2.50. The van der Waals surface area contributed by atoms with Crippen molar-refractivity contribution in [2.24, 2.45) is 0 Å². The van der Waals surface area contributed by atoms with E-state index < -0.39 is 0 Å². The van der Waals surface area contributed by atoms with Gasteiger partial charge in [-0.05, 0) is 45.7 Å². The van der Waals surface area contributed by atoms with Crippen molar-refractivity contribution in [3.63, 3.8) is 0 Å². The zero-order valence-corrected chi connectivity index (χ0v) is 11.9. The fourth-order valence-electron chi connectivity index (χ4n) is 2.40. The second-order valence-corrected chi connectivity index (χ2v) is 7.45. The maximum absolute atomic E-state index is 4.28. The topological polar surface area (TPSA) is 29.0 Å². The molecule has 0 bridgehead atoms. The zero-order valence-electron chi connectivity index (χ0n) is 10.3. The van der Waals surface area contributed by atoms with Gasteiger partial charge < -0.3 is 4.90 Å². The van der Waals surface area contributed by atoms with Crippen molar-refractivity contribution in [3.8, 4) is 0 Å². The highest BCUT2D eigenvalue weighted by Crippen LogP contribution is 2.42. The van der Waals surface area contributed by atoms with Gasteiger partial charge in [-0.2, -0.15) is 0 Å². The largest absolute Gasteiger partial charge is 0.303 e. The molecule has 0 spiro atoms. The van der Waals surface area contributed by atoms with Crippen LogP contribution in [0.1, 0.15) is 43.0 Å². The van der Waals surface area contributed by atoms with Gasteiger partial charge in [0.15, 0.2) is 4.34 Å². The number of thioether (sulfide) groups is 1. The van der Waals surface area contributed by atoms with E-state index in [0.29, 0.717) is 0 Å². The number of nitrogens with zero attached hydrogens (tertiary/aromatic N) is 3. The lowest BCUT2D eigenvalue weighted by Crippen LogP contribution is -2.25. The van der Waals surface area contributed by atoms with Crippen molar-refractivity contribution in [3.05, 3.63) is 5.01 Å². The average molecular weight is 269 g/mol. The molecule has 1 aromatic rings. The van der Waals surface area contributed by atoms with Crippen LogP contribution in [0.15, 0.2) is 4.34 Å². The van der Waals surface area contributed by atoms with Crippen LogP contribution >= 0.6 is 23.1 Å². The first-order valence-corrected chi connectivity index (χ1v) is 8.29. The van der Waals surface area contributed by atoms with E-state index in [1.54, 1.807) is 0 Å². The highest BCUT2D eigenvalue weighted by molar-refractivity contribution is 8.01. The van der Waals surface area contributed by atoms with Crippen molar-refractivity contribution < 1.29 is 0 Å². The summed E-state index contributed by atoms with van der Waals surface area (Å²) in [5, 5.41) is 9.83. The minimum absolute atomic E-state index is 0.753. The van der Waals surface area contributed by atoms with Gasteiger partial charge in [-0.25, -0.2) is 0 Å². The van der Waals surface area contributed by atoms with Crippen LogP contribution in [0.25, 0.3) is 0 Å². The summed E-state index contributed by atoms with van der Waals surface area (Å²) in [6.07, 6.45) is 6.69. The van der Waals surface area contributed by atoms with Gasteiger partial charge in [0.25, 0.3) is 0 Å². The van der Waals surface area contributed by atoms with E-state index in [-0.39, 0.29) is 0 Å². The SMILES string of the molecule is CN1CCCC1CCSc1nnc(C2CC2)s1. The molecule has 2 heterocycles. The lowest BCUT2D eigenvalue weighted by molar-refractivity contribution is 0.305. The summed E-state index contributed by atoms with van der Waals surface area (Å²) < 4.78 is 1.17. The normalized spacial score (nSPS) is 25.6. The molecular weight excluding hydrogens is 250 g/mol. The van der Waals surface area contributed by atoms with Crippen LogP contribution < -0.4 is 0 Å². The van der Waals surface area contributed by atoms with E-state index in [1.165, 1.54) is 53.7 Å². The van der Waals surface area contributed by atoms with E-state index in [4.69, 9.17) is 0 Å². The molecule has 0 N–H and O–H groups in total. The third-order valence-corrected chi connectivity index (χ3v) is 5.95. The standard InChI is InChI=1S/C12H19N3S2/c1-15-7-2-3-10(15)6-8-16-12-14-13-11(17-12)9-4-5-9/h9-10H,2-8H2,1H3. The monoisotopic (exact) mass is 269 g/mol. The Balaban J connectivity index is 1.43. The molecule has 1 saturated heterocycles.